The van der Waals surface area contributed by atoms with Crippen molar-refractivity contribution in [3.05, 3.63) is 0 Å². The molecule has 2 unspecified atom stereocenters. The molecular formula is C14H28. The van der Waals surface area contributed by atoms with Crippen molar-refractivity contribution >= 4 is 0 Å². The minimum absolute atomic E-state index is 0.568. The number of hydrogen-bond donors (Lipinski definition) is 0. The Morgan fingerprint density at radius 3 is 1.86 bits per heavy atom. The molecule has 0 heterocycles. The molecule has 1 aliphatic carbocycles. The highest BCUT2D eigenvalue weighted by Crippen LogP contribution is 2.58. The molecule has 0 heteroatoms. The van der Waals surface area contributed by atoms with E-state index in [1.54, 1.807) is 0 Å². The molecular weight excluding hydrogens is 168 g/mol. The van der Waals surface area contributed by atoms with E-state index in [9.17, 15) is 0 Å². The second kappa shape index (κ2) is 3.87. The highest BCUT2D eigenvalue weighted by atomic mass is 14.5. The summed E-state index contributed by atoms with van der Waals surface area (Å²) < 4.78 is 0. The van der Waals surface area contributed by atoms with E-state index in [2.05, 4.69) is 41.5 Å². The van der Waals surface area contributed by atoms with Crippen molar-refractivity contribution in [2.75, 3.05) is 0 Å². The molecule has 0 aromatic rings. The van der Waals surface area contributed by atoms with Crippen molar-refractivity contribution in [1.29, 1.82) is 0 Å². The van der Waals surface area contributed by atoms with Gasteiger partial charge < -0.3 is 0 Å². The van der Waals surface area contributed by atoms with Gasteiger partial charge in [0, 0.05) is 0 Å². The second-order valence-electron chi connectivity index (χ2n) is 6.56. The summed E-state index contributed by atoms with van der Waals surface area (Å²) in [6.07, 6.45) is 5.54. The molecule has 14 heavy (non-hydrogen) atoms. The zero-order valence-corrected chi connectivity index (χ0v) is 11.0. The molecule has 0 aromatic heterocycles. The summed E-state index contributed by atoms with van der Waals surface area (Å²) in [6, 6.07) is 0. The van der Waals surface area contributed by atoms with E-state index in [4.69, 9.17) is 0 Å². The SMILES string of the molecule is CCCC1C(CC)C(C)(C)CC1(C)C. The van der Waals surface area contributed by atoms with Crippen molar-refractivity contribution in [3.8, 4) is 0 Å². The van der Waals surface area contributed by atoms with Crippen molar-refractivity contribution in [1.82, 2.24) is 0 Å². The van der Waals surface area contributed by atoms with Gasteiger partial charge in [-0.1, -0.05) is 54.4 Å². The Morgan fingerprint density at radius 2 is 1.43 bits per heavy atom. The molecule has 0 aliphatic heterocycles. The summed E-state index contributed by atoms with van der Waals surface area (Å²) in [7, 11) is 0. The molecule has 0 spiro atoms. The van der Waals surface area contributed by atoms with Gasteiger partial charge in [-0.3, -0.25) is 0 Å². The lowest BCUT2D eigenvalue weighted by atomic mass is 9.74. The predicted molar refractivity (Wildman–Crippen MR) is 64.4 cm³/mol. The van der Waals surface area contributed by atoms with Crippen LogP contribution in [0, 0.1) is 22.7 Å². The molecule has 0 aromatic carbocycles. The molecule has 0 N–H and O–H groups in total. The summed E-state index contributed by atoms with van der Waals surface area (Å²) >= 11 is 0. The van der Waals surface area contributed by atoms with Crippen molar-refractivity contribution < 1.29 is 0 Å². The standard InChI is InChI=1S/C14H28/c1-7-9-12-11(8-2)13(3,4)10-14(12,5)6/h11-12H,7-10H2,1-6H3. The number of rotatable bonds is 3. The Labute approximate surface area is 90.5 Å². The lowest BCUT2D eigenvalue weighted by Crippen LogP contribution is -2.24. The van der Waals surface area contributed by atoms with Crippen molar-refractivity contribution in [2.24, 2.45) is 22.7 Å². The van der Waals surface area contributed by atoms with Crippen LogP contribution in [0.1, 0.15) is 67.2 Å². The molecule has 0 amide bonds. The minimum atomic E-state index is 0.568. The van der Waals surface area contributed by atoms with Gasteiger partial charge in [0.15, 0.2) is 0 Å². The Hall–Kier alpha value is 0. The first-order valence-corrected chi connectivity index (χ1v) is 6.35. The van der Waals surface area contributed by atoms with Gasteiger partial charge in [0.05, 0.1) is 0 Å². The topological polar surface area (TPSA) is 0 Å². The monoisotopic (exact) mass is 196 g/mol. The zero-order chi connectivity index (χ0) is 11.0. The second-order valence-corrected chi connectivity index (χ2v) is 6.56. The highest BCUT2D eigenvalue weighted by molar-refractivity contribution is 4.99. The molecule has 1 rings (SSSR count). The molecule has 0 bridgehead atoms. The molecule has 0 saturated heterocycles. The van der Waals surface area contributed by atoms with Crippen LogP contribution in [0.25, 0.3) is 0 Å². The van der Waals surface area contributed by atoms with Crippen LogP contribution in [0.4, 0.5) is 0 Å². The van der Waals surface area contributed by atoms with E-state index in [0.717, 1.165) is 11.8 Å². The smallest absolute Gasteiger partial charge is 0.0318 e. The maximum atomic E-state index is 2.48. The lowest BCUT2D eigenvalue weighted by Gasteiger charge is -2.31. The normalized spacial score (nSPS) is 34.7. The largest absolute Gasteiger partial charge is 0.0654 e. The quantitative estimate of drug-likeness (QED) is 0.603. The van der Waals surface area contributed by atoms with Crippen LogP contribution in [0.5, 0.6) is 0 Å². The van der Waals surface area contributed by atoms with Crippen molar-refractivity contribution in [3.63, 3.8) is 0 Å². The van der Waals surface area contributed by atoms with Gasteiger partial charge in [-0.25, -0.2) is 0 Å². The van der Waals surface area contributed by atoms with Gasteiger partial charge in [0.25, 0.3) is 0 Å². The van der Waals surface area contributed by atoms with Gasteiger partial charge in [0.1, 0.15) is 0 Å². The lowest BCUT2D eigenvalue weighted by molar-refractivity contribution is 0.177. The molecule has 84 valence electrons. The van der Waals surface area contributed by atoms with Gasteiger partial charge >= 0.3 is 0 Å². The van der Waals surface area contributed by atoms with E-state index in [1.807, 2.05) is 0 Å². The van der Waals surface area contributed by atoms with Crippen LogP contribution in [0.2, 0.25) is 0 Å². The fraction of sp³-hybridized carbons (Fsp3) is 1.00. The first kappa shape index (κ1) is 12.1. The fourth-order valence-corrected chi connectivity index (χ4v) is 4.27. The maximum Gasteiger partial charge on any atom is -0.0318 e. The third-order valence-corrected chi connectivity index (χ3v) is 4.44. The van der Waals surface area contributed by atoms with Crippen LogP contribution >= 0.6 is 0 Å². The summed E-state index contributed by atoms with van der Waals surface area (Å²) in [6.45, 7) is 14.6. The summed E-state index contributed by atoms with van der Waals surface area (Å²) in [5.74, 6) is 1.89. The van der Waals surface area contributed by atoms with Gasteiger partial charge in [-0.2, -0.15) is 0 Å². The Bertz CT molecular complexity index is 188. The van der Waals surface area contributed by atoms with Crippen LogP contribution in [-0.4, -0.2) is 0 Å². The predicted octanol–water partition coefficient (Wildman–Crippen LogP) is 4.89. The molecule has 1 saturated carbocycles. The van der Waals surface area contributed by atoms with E-state index in [-0.39, 0.29) is 0 Å². The van der Waals surface area contributed by atoms with E-state index in [0.29, 0.717) is 10.8 Å². The number of hydrogen-bond acceptors (Lipinski definition) is 0. The third-order valence-electron chi connectivity index (χ3n) is 4.44. The average Bonchev–Trinajstić information content (AvgIpc) is 2.17. The molecule has 0 radical (unpaired) electrons. The maximum absolute atomic E-state index is 2.48. The first-order valence-electron chi connectivity index (χ1n) is 6.35. The van der Waals surface area contributed by atoms with Crippen molar-refractivity contribution in [2.45, 2.75) is 67.2 Å². The Kier molecular flexibility index (Phi) is 3.33. The van der Waals surface area contributed by atoms with E-state index < -0.39 is 0 Å². The Balaban J connectivity index is 2.87. The van der Waals surface area contributed by atoms with Gasteiger partial charge in [0.2, 0.25) is 0 Å². The van der Waals surface area contributed by atoms with Crippen LogP contribution in [0.15, 0.2) is 0 Å². The summed E-state index contributed by atoms with van der Waals surface area (Å²) in [4.78, 5) is 0. The van der Waals surface area contributed by atoms with E-state index in [1.165, 1.54) is 25.7 Å². The summed E-state index contributed by atoms with van der Waals surface area (Å²) in [5.41, 5.74) is 1.14. The van der Waals surface area contributed by atoms with Crippen LogP contribution in [-0.2, 0) is 0 Å². The Morgan fingerprint density at radius 1 is 0.929 bits per heavy atom. The van der Waals surface area contributed by atoms with Gasteiger partial charge in [-0.15, -0.1) is 0 Å². The molecule has 2 atom stereocenters. The first-order chi connectivity index (χ1) is 6.35. The zero-order valence-electron chi connectivity index (χ0n) is 11.0. The molecule has 0 nitrogen and oxygen atoms in total. The van der Waals surface area contributed by atoms with Gasteiger partial charge in [-0.05, 0) is 35.5 Å². The van der Waals surface area contributed by atoms with E-state index >= 15 is 0 Å². The van der Waals surface area contributed by atoms with Crippen LogP contribution in [0.3, 0.4) is 0 Å². The summed E-state index contributed by atoms with van der Waals surface area (Å²) in [5, 5.41) is 0. The third kappa shape index (κ3) is 1.99. The molecule has 1 fully saturated rings. The van der Waals surface area contributed by atoms with Crippen LogP contribution < -0.4 is 0 Å². The fourth-order valence-electron chi connectivity index (χ4n) is 4.27. The average molecular weight is 196 g/mol. The highest BCUT2D eigenvalue weighted by Gasteiger charge is 2.50. The molecule has 1 aliphatic rings. The minimum Gasteiger partial charge on any atom is -0.0654 e.